The van der Waals surface area contributed by atoms with Gasteiger partial charge >= 0.3 is 0 Å². The van der Waals surface area contributed by atoms with Crippen LogP contribution in [-0.2, 0) is 0 Å². The summed E-state index contributed by atoms with van der Waals surface area (Å²) in [5.74, 6) is 1.79. The first-order valence-electron chi connectivity index (χ1n) is 11.5. The molecule has 3 aromatic heterocycles. The molecule has 0 saturated heterocycles. The Balaban J connectivity index is 1.54. The van der Waals surface area contributed by atoms with Crippen LogP contribution in [0.2, 0.25) is 0 Å². The fraction of sp³-hybridized carbons (Fsp3) is 0. The minimum absolute atomic E-state index is 0.225. The molecule has 0 N–H and O–H groups in total. The molecule has 7 rings (SSSR count). The summed E-state index contributed by atoms with van der Waals surface area (Å²) in [5.41, 5.74) is 4.27. The van der Waals surface area contributed by atoms with Crippen LogP contribution in [0.15, 0.2) is 108 Å². The summed E-state index contributed by atoms with van der Waals surface area (Å²) >= 11 is 1.47. The fourth-order valence-corrected chi connectivity index (χ4v) is 5.59. The van der Waals surface area contributed by atoms with Gasteiger partial charge in [-0.1, -0.05) is 90.2 Å². The summed E-state index contributed by atoms with van der Waals surface area (Å²) in [6.07, 6.45) is 0. The van der Waals surface area contributed by atoms with E-state index in [1.54, 1.807) is 0 Å². The third-order valence-corrected chi connectivity index (χ3v) is 7.22. The molecule has 4 aromatic carbocycles. The summed E-state index contributed by atoms with van der Waals surface area (Å²) in [5, 5.41) is 0.595. The maximum absolute atomic E-state index is 12.7. The predicted octanol–water partition coefficient (Wildman–Crippen LogP) is 6.25. The lowest BCUT2D eigenvalue weighted by Crippen LogP contribution is -2.08. The predicted molar refractivity (Wildman–Crippen MR) is 144 cm³/mol. The monoisotopic (exact) mass is 483 g/mol. The molecule has 7 aromatic rings. The molecule has 170 valence electrons. The second kappa shape index (κ2) is 8.18. The minimum Gasteiger partial charge on any atom is -0.284 e. The van der Waals surface area contributed by atoms with Crippen molar-refractivity contribution in [3.05, 3.63) is 113 Å². The summed E-state index contributed by atoms with van der Waals surface area (Å²) < 4.78 is 3.00. The van der Waals surface area contributed by atoms with E-state index in [0.717, 1.165) is 32.4 Å². The zero-order valence-electron chi connectivity index (χ0n) is 18.9. The van der Waals surface area contributed by atoms with Gasteiger partial charge in [0.05, 0.1) is 21.1 Å². The normalized spacial score (nSPS) is 11.4. The molecule has 0 atom stereocenters. The summed E-state index contributed by atoms with van der Waals surface area (Å²) in [7, 11) is 0. The highest BCUT2D eigenvalue weighted by Gasteiger charge is 2.18. The number of thiazole rings is 1. The van der Waals surface area contributed by atoms with Crippen LogP contribution in [0.4, 0.5) is 0 Å². The Labute approximate surface area is 209 Å². The van der Waals surface area contributed by atoms with Crippen molar-refractivity contribution in [1.82, 2.24) is 24.3 Å². The zero-order valence-corrected chi connectivity index (χ0v) is 19.7. The van der Waals surface area contributed by atoms with Gasteiger partial charge in [-0.25, -0.2) is 15.0 Å². The molecule has 3 heterocycles. The number of para-hydroxylation sites is 1. The smallest absolute Gasteiger partial charge is 0.281 e. The Morgan fingerprint density at radius 1 is 0.556 bits per heavy atom. The highest BCUT2D eigenvalue weighted by Crippen LogP contribution is 2.35. The molecule has 0 saturated carbocycles. The molecule has 7 heteroatoms. The van der Waals surface area contributed by atoms with Gasteiger partial charge in [-0.05, 0) is 24.3 Å². The lowest BCUT2D eigenvalue weighted by Gasteiger charge is -2.09. The molecular formula is C29H17N5OS. The quantitative estimate of drug-likeness (QED) is 0.297. The van der Waals surface area contributed by atoms with Crippen molar-refractivity contribution in [3.8, 4) is 34.2 Å². The Morgan fingerprint density at radius 2 is 1.14 bits per heavy atom. The number of rotatable bonds is 3. The van der Waals surface area contributed by atoms with Crippen molar-refractivity contribution in [3.63, 3.8) is 0 Å². The third-order valence-electron chi connectivity index (χ3n) is 6.13. The van der Waals surface area contributed by atoms with Crippen LogP contribution >= 0.6 is 11.3 Å². The molecule has 36 heavy (non-hydrogen) atoms. The van der Waals surface area contributed by atoms with E-state index in [-0.39, 0.29) is 5.56 Å². The van der Waals surface area contributed by atoms with Gasteiger partial charge in [-0.2, -0.15) is 4.98 Å². The maximum atomic E-state index is 12.7. The largest absolute Gasteiger partial charge is 0.284 e. The van der Waals surface area contributed by atoms with E-state index in [9.17, 15) is 4.79 Å². The van der Waals surface area contributed by atoms with Crippen LogP contribution in [-0.4, -0.2) is 24.3 Å². The number of hydrogen-bond acceptors (Lipinski definition) is 6. The first kappa shape index (κ1) is 20.6. The highest BCUT2D eigenvalue weighted by atomic mass is 32.1. The van der Waals surface area contributed by atoms with E-state index in [1.165, 1.54) is 11.3 Å². The highest BCUT2D eigenvalue weighted by molar-refractivity contribution is 7.24. The van der Waals surface area contributed by atoms with Gasteiger partial charge < -0.3 is 0 Å². The molecular weight excluding hydrogens is 466 g/mol. The Morgan fingerprint density at radius 3 is 1.83 bits per heavy atom. The third kappa shape index (κ3) is 3.29. The van der Waals surface area contributed by atoms with Crippen molar-refractivity contribution < 1.29 is 0 Å². The topological polar surface area (TPSA) is 73.0 Å². The lowest BCUT2D eigenvalue weighted by molar-refractivity contribution is 1.08. The summed E-state index contributed by atoms with van der Waals surface area (Å²) in [6, 6.07) is 33.4. The molecule has 0 spiro atoms. The van der Waals surface area contributed by atoms with E-state index < -0.39 is 0 Å². The first-order valence-corrected chi connectivity index (χ1v) is 12.3. The van der Waals surface area contributed by atoms with E-state index in [4.69, 9.17) is 15.0 Å². The van der Waals surface area contributed by atoms with Gasteiger partial charge in [0, 0.05) is 16.7 Å². The fourth-order valence-electron chi connectivity index (χ4n) is 4.46. The van der Waals surface area contributed by atoms with Crippen LogP contribution in [0.1, 0.15) is 0 Å². The van der Waals surface area contributed by atoms with Gasteiger partial charge in [0.15, 0.2) is 22.4 Å². The van der Waals surface area contributed by atoms with E-state index in [1.807, 2.05) is 108 Å². The number of aromatic nitrogens is 5. The van der Waals surface area contributed by atoms with Crippen LogP contribution < -0.4 is 5.56 Å². The van der Waals surface area contributed by atoms with Crippen LogP contribution in [0.25, 0.3) is 60.2 Å². The maximum Gasteiger partial charge on any atom is 0.281 e. The Hall–Kier alpha value is -4.75. The molecule has 6 nitrogen and oxygen atoms in total. The van der Waals surface area contributed by atoms with E-state index in [2.05, 4.69) is 4.98 Å². The summed E-state index contributed by atoms with van der Waals surface area (Å²) in [6.45, 7) is 0. The average molecular weight is 484 g/mol. The number of fused-ring (bicyclic) bond motifs is 5. The van der Waals surface area contributed by atoms with Crippen LogP contribution in [0.3, 0.4) is 0 Å². The zero-order chi connectivity index (χ0) is 24.1. The molecule has 0 aliphatic heterocycles. The standard InChI is InChI=1S/C29H17N5OS/c35-28-20-14-7-8-16-22(20)34-23-17-9-15-21(24(23)36-29(34)33-28)27-31-25(18-10-3-1-4-11-18)30-26(32-27)19-12-5-2-6-13-19/h1-17H. The SMILES string of the molecule is O=c1nc2sc3c(-c4nc(-c5ccccc5)nc(-c5ccccc5)n4)cccc3n2c2ccccc12. The molecule has 0 radical (unpaired) electrons. The van der Waals surface area contributed by atoms with Gasteiger partial charge in [0.1, 0.15) is 0 Å². The molecule has 0 bridgehead atoms. The van der Waals surface area contributed by atoms with E-state index in [0.29, 0.717) is 27.8 Å². The van der Waals surface area contributed by atoms with Crippen LogP contribution in [0, 0.1) is 0 Å². The molecule has 0 unspecified atom stereocenters. The number of hydrogen-bond donors (Lipinski definition) is 0. The van der Waals surface area contributed by atoms with Crippen molar-refractivity contribution in [2.24, 2.45) is 0 Å². The van der Waals surface area contributed by atoms with Crippen molar-refractivity contribution in [2.75, 3.05) is 0 Å². The van der Waals surface area contributed by atoms with Crippen molar-refractivity contribution in [2.45, 2.75) is 0 Å². The molecule has 0 fully saturated rings. The van der Waals surface area contributed by atoms with Gasteiger partial charge in [0.25, 0.3) is 5.56 Å². The second-order valence-corrected chi connectivity index (χ2v) is 9.32. The van der Waals surface area contributed by atoms with Gasteiger partial charge in [-0.3, -0.25) is 9.20 Å². The Bertz CT molecular complexity index is 1910. The minimum atomic E-state index is -0.225. The molecule has 0 amide bonds. The average Bonchev–Trinajstić information content (AvgIpc) is 3.32. The van der Waals surface area contributed by atoms with Crippen molar-refractivity contribution >= 4 is 37.4 Å². The number of nitrogens with zero attached hydrogens (tertiary/aromatic N) is 5. The number of benzene rings is 4. The lowest BCUT2D eigenvalue weighted by atomic mass is 10.1. The molecule has 0 aliphatic carbocycles. The second-order valence-electron chi connectivity index (χ2n) is 8.35. The van der Waals surface area contributed by atoms with Gasteiger partial charge in [0.2, 0.25) is 0 Å². The van der Waals surface area contributed by atoms with Crippen LogP contribution in [0.5, 0.6) is 0 Å². The van der Waals surface area contributed by atoms with Crippen molar-refractivity contribution in [1.29, 1.82) is 0 Å². The van der Waals surface area contributed by atoms with Gasteiger partial charge in [-0.15, -0.1) is 0 Å². The first-order chi connectivity index (χ1) is 17.8. The summed E-state index contributed by atoms with van der Waals surface area (Å²) in [4.78, 5) is 32.3. The molecule has 0 aliphatic rings. The Kier molecular flexibility index (Phi) is 4.68. The van der Waals surface area contributed by atoms with E-state index >= 15 is 0 Å².